The molecule has 0 rings (SSSR count). The Morgan fingerprint density at radius 2 is 1.87 bits per heavy atom. The van der Waals surface area contributed by atoms with Crippen molar-refractivity contribution in [2.24, 2.45) is 5.73 Å². The van der Waals surface area contributed by atoms with Crippen molar-refractivity contribution >= 4 is 15.3 Å². The number of carbonyl (C=O) groups excluding carboxylic acids is 1. The van der Waals surface area contributed by atoms with Gasteiger partial charge in [-0.1, -0.05) is 6.04 Å². The van der Waals surface area contributed by atoms with Gasteiger partial charge >= 0.3 is 0 Å². The summed E-state index contributed by atoms with van der Waals surface area (Å²) in [6.07, 6.45) is 3.11. The third-order valence-electron chi connectivity index (χ3n) is 2.33. The zero-order valence-corrected chi connectivity index (χ0v) is 11.2. The maximum Gasteiger partial charge on any atom is 0.134 e. The van der Waals surface area contributed by atoms with Gasteiger partial charge in [-0.2, -0.15) is 0 Å². The van der Waals surface area contributed by atoms with E-state index in [1.807, 2.05) is 0 Å². The molecule has 0 aromatic carbocycles. The maximum atomic E-state index is 11.3. The third kappa shape index (κ3) is 8.74. The van der Waals surface area contributed by atoms with E-state index in [0.717, 1.165) is 18.9 Å². The van der Waals surface area contributed by atoms with Gasteiger partial charge in [-0.05, 0) is 19.4 Å². The molecule has 0 bridgehead atoms. The summed E-state index contributed by atoms with van der Waals surface area (Å²) in [7, 11) is 2.96. The number of Topliss-reactive ketones (excluding diaryl/α,β-unsaturated/α-hetero) is 1. The molecular weight excluding hydrogens is 210 g/mol. The fourth-order valence-electron chi connectivity index (χ4n) is 1.39. The minimum absolute atomic E-state index is 0.00384. The number of rotatable bonds is 10. The molecule has 0 aromatic rings. The standard InChI is InChI=1S/C10H23NO3Si/c1-13-10(14-2)15-8-4-6-9(12)5-3-7-11/h10H,3-8,11,15H2,1-2H3. The molecule has 0 aliphatic rings. The summed E-state index contributed by atoms with van der Waals surface area (Å²) in [5, 5.41) is 0. The van der Waals surface area contributed by atoms with E-state index in [0.29, 0.717) is 25.2 Å². The summed E-state index contributed by atoms with van der Waals surface area (Å²) in [5.74, 6) is 0.338. The minimum Gasteiger partial charge on any atom is -0.360 e. The van der Waals surface area contributed by atoms with Crippen LogP contribution in [0.4, 0.5) is 0 Å². The number of hydrogen-bond donors (Lipinski definition) is 1. The van der Waals surface area contributed by atoms with Gasteiger partial charge in [0.05, 0.1) is 9.52 Å². The van der Waals surface area contributed by atoms with Crippen LogP contribution in [0.5, 0.6) is 0 Å². The normalized spacial score (nSPS) is 11.7. The molecule has 0 radical (unpaired) electrons. The first-order chi connectivity index (χ1) is 7.24. The molecule has 0 saturated carbocycles. The Morgan fingerprint density at radius 1 is 1.27 bits per heavy atom. The lowest BCUT2D eigenvalue weighted by molar-refractivity contribution is -0.119. The quantitative estimate of drug-likeness (QED) is 0.333. The van der Waals surface area contributed by atoms with E-state index >= 15 is 0 Å². The summed E-state index contributed by atoms with van der Waals surface area (Å²) in [4.78, 5) is 11.3. The molecule has 0 spiro atoms. The molecule has 90 valence electrons. The lowest BCUT2D eigenvalue weighted by Crippen LogP contribution is -2.21. The second-order valence-corrected chi connectivity index (χ2v) is 5.53. The van der Waals surface area contributed by atoms with Gasteiger partial charge in [0.15, 0.2) is 0 Å². The molecule has 0 unspecified atom stereocenters. The molecule has 0 saturated heterocycles. The Kier molecular flexibility index (Phi) is 10.1. The van der Waals surface area contributed by atoms with Gasteiger partial charge in [0.2, 0.25) is 0 Å². The van der Waals surface area contributed by atoms with Gasteiger partial charge in [0.25, 0.3) is 0 Å². The van der Waals surface area contributed by atoms with Crippen LogP contribution in [0.25, 0.3) is 0 Å². The van der Waals surface area contributed by atoms with E-state index < -0.39 is 0 Å². The average molecular weight is 233 g/mol. The number of methoxy groups -OCH3 is 2. The molecular formula is C10H23NO3Si. The van der Waals surface area contributed by atoms with Crippen molar-refractivity contribution in [2.45, 2.75) is 37.6 Å². The topological polar surface area (TPSA) is 61.5 Å². The van der Waals surface area contributed by atoms with Gasteiger partial charge in [0, 0.05) is 27.1 Å². The lowest BCUT2D eigenvalue weighted by atomic mass is 10.1. The fraction of sp³-hybridized carbons (Fsp3) is 0.900. The molecule has 0 aliphatic carbocycles. The average Bonchev–Trinajstić information content (AvgIpc) is 2.26. The summed E-state index contributed by atoms with van der Waals surface area (Å²) in [5.41, 5.74) is 5.33. The number of nitrogens with two attached hydrogens (primary N) is 1. The van der Waals surface area contributed by atoms with Crippen molar-refractivity contribution in [1.29, 1.82) is 0 Å². The zero-order valence-electron chi connectivity index (χ0n) is 9.83. The number of hydrogen-bond acceptors (Lipinski definition) is 4. The smallest absolute Gasteiger partial charge is 0.134 e. The second-order valence-electron chi connectivity index (χ2n) is 3.58. The second kappa shape index (κ2) is 10.3. The number of carbonyl (C=O) groups is 1. The van der Waals surface area contributed by atoms with E-state index in [9.17, 15) is 4.79 Å². The van der Waals surface area contributed by atoms with E-state index in [2.05, 4.69) is 0 Å². The van der Waals surface area contributed by atoms with Crippen molar-refractivity contribution in [3.05, 3.63) is 0 Å². The first-order valence-electron chi connectivity index (χ1n) is 5.52. The number of ketones is 1. The van der Waals surface area contributed by atoms with Crippen LogP contribution in [-0.4, -0.2) is 42.0 Å². The predicted octanol–water partition coefficient (Wildman–Crippen LogP) is 0.238. The lowest BCUT2D eigenvalue weighted by Gasteiger charge is -2.11. The molecule has 0 atom stereocenters. The largest absolute Gasteiger partial charge is 0.360 e. The van der Waals surface area contributed by atoms with Crippen LogP contribution in [0.3, 0.4) is 0 Å². The Morgan fingerprint density at radius 3 is 2.40 bits per heavy atom. The molecule has 2 N–H and O–H groups in total. The van der Waals surface area contributed by atoms with Crippen LogP contribution in [0.15, 0.2) is 0 Å². The van der Waals surface area contributed by atoms with E-state index in [1.165, 1.54) is 0 Å². The summed E-state index contributed by atoms with van der Waals surface area (Å²) < 4.78 is 10.2. The van der Waals surface area contributed by atoms with Gasteiger partial charge < -0.3 is 15.2 Å². The highest BCUT2D eigenvalue weighted by atomic mass is 28.2. The van der Waals surface area contributed by atoms with Crippen LogP contribution in [0.2, 0.25) is 6.04 Å². The molecule has 0 aliphatic heterocycles. The van der Waals surface area contributed by atoms with Crippen LogP contribution in [0.1, 0.15) is 25.7 Å². The van der Waals surface area contributed by atoms with E-state index in [4.69, 9.17) is 15.2 Å². The van der Waals surface area contributed by atoms with Crippen LogP contribution < -0.4 is 5.73 Å². The molecule has 15 heavy (non-hydrogen) atoms. The van der Waals surface area contributed by atoms with Gasteiger partial charge in [0.1, 0.15) is 11.7 Å². The molecule has 0 fully saturated rings. The Bertz CT molecular complexity index is 163. The predicted molar refractivity (Wildman–Crippen MR) is 63.7 cm³/mol. The third-order valence-corrected chi connectivity index (χ3v) is 4.38. The fourth-order valence-corrected chi connectivity index (χ4v) is 2.73. The number of ether oxygens (including phenoxy) is 2. The molecule has 5 heteroatoms. The van der Waals surface area contributed by atoms with Gasteiger partial charge in [-0.3, -0.25) is 4.79 Å². The van der Waals surface area contributed by atoms with Gasteiger partial charge in [-0.25, -0.2) is 0 Å². The molecule has 4 nitrogen and oxygen atoms in total. The molecule has 0 amide bonds. The minimum atomic E-state index is -0.358. The van der Waals surface area contributed by atoms with Crippen LogP contribution in [-0.2, 0) is 14.3 Å². The first-order valence-corrected chi connectivity index (χ1v) is 7.33. The molecule has 0 heterocycles. The Hall–Kier alpha value is -0.233. The summed E-state index contributed by atoms with van der Waals surface area (Å²) in [6, 6.07) is 1.10. The Balaban J connectivity index is 3.33. The van der Waals surface area contributed by atoms with Crippen molar-refractivity contribution < 1.29 is 14.3 Å². The van der Waals surface area contributed by atoms with Crippen molar-refractivity contribution in [3.63, 3.8) is 0 Å². The monoisotopic (exact) mass is 233 g/mol. The van der Waals surface area contributed by atoms with Gasteiger partial charge in [-0.15, -0.1) is 0 Å². The zero-order chi connectivity index (χ0) is 11.5. The summed E-state index contributed by atoms with van der Waals surface area (Å²) >= 11 is 0. The van der Waals surface area contributed by atoms with E-state index in [1.54, 1.807) is 14.2 Å². The first kappa shape index (κ1) is 14.8. The van der Waals surface area contributed by atoms with Crippen molar-refractivity contribution in [3.8, 4) is 0 Å². The van der Waals surface area contributed by atoms with Crippen LogP contribution in [0, 0.1) is 0 Å². The highest BCUT2D eigenvalue weighted by Gasteiger charge is 2.06. The van der Waals surface area contributed by atoms with Crippen molar-refractivity contribution in [1.82, 2.24) is 0 Å². The van der Waals surface area contributed by atoms with Crippen LogP contribution >= 0.6 is 0 Å². The summed E-state index contributed by atoms with van der Waals surface area (Å²) in [6.45, 7) is 0.607. The Labute approximate surface area is 94.3 Å². The SMILES string of the molecule is COC(OC)[SiH2]CCCC(=O)CCCN. The maximum absolute atomic E-state index is 11.3. The highest BCUT2D eigenvalue weighted by Crippen LogP contribution is 2.03. The highest BCUT2D eigenvalue weighted by molar-refractivity contribution is 6.36. The van der Waals surface area contributed by atoms with E-state index in [-0.39, 0.29) is 15.4 Å². The molecule has 0 aromatic heterocycles. The van der Waals surface area contributed by atoms with Crippen molar-refractivity contribution in [2.75, 3.05) is 20.8 Å².